The maximum absolute atomic E-state index is 2.62. The second kappa shape index (κ2) is 10.4. The van der Waals surface area contributed by atoms with E-state index in [-0.39, 0.29) is 10.8 Å². The molecule has 248 valence electrons. The molecule has 0 N–H and O–H groups in total. The molecule has 0 bridgehead atoms. The van der Waals surface area contributed by atoms with E-state index in [1.807, 2.05) is 11.3 Å². The standard InChI is InChI=1S/C50H37NS/c1-49(2)39-22-12-9-20-37(39)45-41(27-30-15-5-7-17-33(30)47(45)49)51(32-25-26-36-35-19-11-14-24-43(35)52-44(36)29-32)42-28-31-16-6-8-18-34(31)48-46(42)38-21-10-13-23-40(38)50(48,3)4/h5-29H,1-4H3. The number of hydrogen-bond acceptors (Lipinski definition) is 2. The number of anilines is 3. The van der Waals surface area contributed by atoms with Crippen LogP contribution in [0.15, 0.2) is 152 Å². The molecule has 0 radical (unpaired) electrons. The van der Waals surface area contributed by atoms with Crippen molar-refractivity contribution in [2.24, 2.45) is 0 Å². The number of fused-ring (bicyclic) bond motifs is 13. The van der Waals surface area contributed by atoms with Crippen molar-refractivity contribution in [3.05, 3.63) is 174 Å². The first-order valence-electron chi connectivity index (χ1n) is 18.4. The molecule has 11 rings (SSSR count). The van der Waals surface area contributed by atoms with Crippen LogP contribution in [0.2, 0.25) is 0 Å². The maximum atomic E-state index is 2.62. The zero-order valence-corrected chi connectivity index (χ0v) is 30.6. The lowest BCUT2D eigenvalue weighted by Crippen LogP contribution is -2.18. The fraction of sp³-hybridized carbons (Fsp3) is 0.120. The van der Waals surface area contributed by atoms with Gasteiger partial charge in [-0.2, -0.15) is 0 Å². The Bertz CT molecular complexity index is 2830. The first-order chi connectivity index (χ1) is 25.3. The Morgan fingerprint density at radius 3 is 1.46 bits per heavy atom. The first kappa shape index (κ1) is 30.0. The summed E-state index contributed by atoms with van der Waals surface area (Å²) in [6.45, 7) is 9.64. The molecule has 0 atom stereocenters. The predicted octanol–water partition coefficient (Wildman–Crippen LogP) is 14.4. The molecule has 0 saturated heterocycles. The molecule has 2 heteroatoms. The predicted molar refractivity (Wildman–Crippen MR) is 224 cm³/mol. The quantitative estimate of drug-likeness (QED) is 0.179. The molecule has 8 aromatic carbocycles. The molecule has 0 fully saturated rings. The van der Waals surface area contributed by atoms with Gasteiger partial charge in [0.1, 0.15) is 0 Å². The molecule has 2 aliphatic rings. The molecule has 2 aliphatic carbocycles. The van der Waals surface area contributed by atoms with E-state index in [1.165, 1.54) is 103 Å². The van der Waals surface area contributed by atoms with Gasteiger partial charge in [-0.05, 0) is 85.3 Å². The maximum Gasteiger partial charge on any atom is 0.0549 e. The average molecular weight is 684 g/mol. The lowest BCUT2D eigenvalue weighted by molar-refractivity contribution is 0.666. The van der Waals surface area contributed by atoms with Crippen molar-refractivity contribution < 1.29 is 0 Å². The zero-order valence-electron chi connectivity index (χ0n) is 29.8. The molecule has 0 unspecified atom stereocenters. The van der Waals surface area contributed by atoms with Crippen LogP contribution in [0.4, 0.5) is 17.1 Å². The van der Waals surface area contributed by atoms with Gasteiger partial charge in [-0.3, -0.25) is 0 Å². The summed E-state index contributed by atoms with van der Waals surface area (Å²) in [7, 11) is 0. The van der Waals surface area contributed by atoms with E-state index in [9.17, 15) is 0 Å². The summed E-state index contributed by atoms with van der Waals surface area (Å²) in [6.07, 6.45) is 0. The van der Waals surface area contributed by atoms with Gasteiger partial charge >= 0.3 is 0 Å². The summed E-state index contributed by atoms with van der Waals surface area (Å²) in [5.74, 6) is 0. The van der Waals surface area contributed by atoms with Crippen molar-refractivity contribution in [2.45, 2.75) is 38.5 Å². The van der Waals surface area contributed by atoms with Crippen LogP contribution >= 0.6 is 11.3 Å². The monoisotopic (exact) mass is 683 g/mol. The molecule has 0 spiro atoms. The van der Waals surface area contributed by atoms with Crippen LogP contribution in [0.3, 0.4) is 0 Å². The summed E-state index contributed by atoms with van der Waals surface area (Å²) >= 11 is 1.89. The van der Waals surface area contributed by atoms with Crippen molar-refractivity contribution in [3.63, 3.8) is 0 Å². The third kappa shape index (κ3) is 3.88. The molecule has 52 heavy (non-hydrogen) atoms. The molecule has 0 saturated carbocycles. The second-order valence-corrected chi connectivity index (χ2v) is 16.8. The van der Waals surface area contributed by atoms with Crippen LogP contribution < -0.4 is 4.90 Å². The van der Waals surface area contributed by atoms with E-state index in [0.717, 1.165) is 0 Å². The number of thiophene rings is 1. The van der Waals surface area contributed by atoms with Gasteiger partial charge in [-0.1, -0.05) is 149 Å². The van der Waals surface area contributed by atoms with Crippen molar-refractivity contribution in [1.29, 1.82) is 0 Å². The van der Waals surface area contributed by atoms with Crippen LogP contribution in [-0.2, 0) is 10.8 Å². The SMILES string of the molecule is CC1(C)c2ccccc2-c2c(N(c3ccc4c(c3)sc3ccccc34)c3cc4ccccc4c4c3-c3ccccc3C4(C)C)cc3ccccc3c21. The minimum atomic E-state index is -0.164. The average Bonchev–Trinajstić information content (AvgIpc) is 3.75. The minimum absolute atomic E-state index is 0.164. The summed E-state index contributed by atoms with van der Waals surface area (Å²) in [5, 5.41) is 7.83. The number of hydrogen-bond donors (Lipinski definition) is 0. The molecule has 9 aromatic rings. The molecular formula is C50H37NS. The summed E-state index contributed by atoms with van der Waals surface area (Å²) in [4.78, 5) is 2.62. The highest BCUT2D eigenvalue weighted by molar-refractivity contribution is 7.25. The fourth-order valence-electron chi connectivity index (χ4n) is 9.89. The van der Waals surface area contributed by atoms with Crippen LogP contribution in [0.25, 0.3) is 64.0 Å². The Morgan fingerprint density at radius 1 is 0.423 bits per heavy atom. The van der Waals surface area contributed by atoms with E-state index >= 15 is 0 Å². The Balaban J connectivity index is 1.33. The second-order valence-electron chi connectivity index (χ2n) is 15.7. The minimum Gasteiger partial charge on any atom is -0.309 e. The fourth-order valence-corrected chi connectivity index (χ4v) is 11.0. The zero-order chi connectivity index (χ0) is 34.9. The van der Waals surface area contributed by atoms with Gasteiger partial charge in [0, 0.05) is 47.8 Å². The highest BCUT2D eigenvalue weighted by Crippen LogP contribution is 2.60. The van der Waals surface area contributed by atoms with Crippen LogP contribution in [0.5, 0.6) is 0 Å². The Kier molecular flexibility index (Phi) is 6.02. The molecule has 0 aliphatic heterocycles. The molecular weight excluding hydrogens is 647 g/mol. The lowest BCUT2D eigenvalue weighted by atomic mass is 9.79. The first-order valence-corrected chi connectivity index (χ1v) is 19.2. The lowest BCUT2D eigenvalue weighted by Gasteiger charge is -2.32. The van der Waals surface area contributed by atoms with Gasteiger partial charge in [0.25, 0.3) is 0 Å². The topological polar surface area (TPSA) is 3.24 Å². The number of rotatable bonds is 3. The van der Waals surface area contributed by atoms with E-state index in [0.29, 0.717) is 0 Å². The van der Waals surface area contributed by atoms with Gasteiger partial charge in [-0.25, -0.2) is 0 Å². The van der Waals surface area contributed by atoms with Gasteiger partial charge in [-0.15, -0.1) is 11.3 Å². The van der Waals surface area contributed by atoms with Crippen LogP contribution in [0, 0.1) is 0 Å². The Labute approximate surface area is 308 Å². The smallest absolute Gasteiger partial charge is 0.0549 e. The van der Waals surface area contributed by atoms with E-state index < -0.39 is 0 Å². The molecule has 1 heterocycles. The highest BCUT2D eigenvalue weighted by atomic mass is 32.1. The Morgan fingerprint density at radius 2 is 0.885 bits per heavy atom. The van der Waals surface area contributed by atoms with Gasteiger partial charge < -0.3 is 4.90 Å². The third-order valence-corrected chi connectivity index (χ3v) is 13.3. The number of benzene rings is 8. The van der Waals surface area contributed by atoms with Gasteiger partial charge in [0.2, 0.25) is 0 Å². The van der Waals surface area contributed by atoms with E-state index in [2.05, 4.69) is 184 Å². The summed E-state index contributed by atoms with van der Waals surface area (Å²) in [6, 6.07) is 57.2. The van der Waals surface area contributed by atoms with Crippen LogP contribution in [0.1, 0.15) is 49.9 Å². The van der Waals surface area contributed by atoms with Gasteiger partial charge in [0.15, 0.2) is 0 Å². The van der Waals surface area contributed by atoms with Crippen molar-refractivity contribution in [3.8, 4) is 22.3 Å². The number of nitrogens with zero attached hydrogens (tertiary/aromatic N) is 1. The molecule has 0 amide bonds. The molecule has 1 aromatic heterocycles. The van der Waals surface area contributed by atoms with Crippen molar-refractivity contribution >= 4 is 70.1 Å². The molecule has 1 nitrogen and oxygen atoms in total. The van der Waals surface area contributed by atoms with Crippen molar-refractivity contribution in [1.82, 2.24) is 0 Å². The Hall–Kier alpha value is -5.70. The third-order valence-electron chi connectivity index (χ3n) is 12.1. The van der Waals surface area contributed by atoms with E-state index in [4.69, 9.17) is 0 Å². The normalized spacial score (nSPS) is 14.8. The van der Waals surface area contributed by atoms with Gasteiger partial charge in [0.05, 0.1) is 11.4 Å². The van der Waals surface area contributed by atoms with Crippen molar-refractivity contribution in [2.75, 3.05) is 4.90 Å². The summed E-state index contributed by atoms with van der Waals surface area (Å²) < 4.78 is 2.63. The summed E-state index contributed by atoms with van der Waals surface area (Å²) in [5.41, 5.74) is 14.2. The van der Waals surface area contributed by atoms with Crippen LogP contribution in [-0.4, -0.2) is 0 Å². The van der Waals surface area contributed by atoms with E-state index in [1.54, 1.807) is 0 Å². The highest BCUT2D eigenvalue weighted by Gasteiger charge is 2.42. The largest absolute Gasteiger partial charge is 0.309 e.